The molecule has 84 valence electrons. The van der Waals surface area contributed by atoms with Crippen LogP contribution >= 0.6 is 0 Å². The van der Waals surface area contributed by atoms with Gasteiger partial charge >= 0.3 is 0 Å². The molecule has 1 aromatic carbocycles. The first kappa shape index (κ1) is 10.9. The molecule has 0 amide bonds. The molecule has 1 atom stereocenters. The van der Waals surface area contributed by atoms with Crippen LogP contribution in [0.2, 0.25) is 0 Å². The highest BCUT2D eigenvalue weighted by atomic mass is 19.1. The molecule has 0 saturated carbocycles. The van der Waals surface area contributed by atoms with E-state index in [-0.39, 0.29) is 11.9 Å². The Morgan fingerprint density at radius 2 is 2.00 bits per heavy atom. The lowest BCUT2D eigenvalue weighted by Gasteiger charge is -2.13. The Morgan fingerprint density at radius 1 is 1.25 bits per heavy atom. The van der Waals surface area contributed by atoms with Gasteiger partial charge in [0.1, 0.15) is 5.82 Å². The van der Waals surface area contributed by atoms with E-state index in [4.69, 9.17) is 0 Å². The molecule has 0 bridgehead atoms. The number of rotatable bonds is 4. The van der Waals surface area contributed by atoms with Gasteiger partial charge in [0.05, 0.1) is 0 Å². The molecule has 1 unspecified atom stereocenters. The third-order valence-electron chi connectivity index (χ3n) is 2.64. The Balaban J connectivity index is 1.93. The Kier molecular flexibility index (Phi) is 3.37. The number of benzene rings is 1. The quantitative estimate of drug-likeness (QED) is 0.811. The number of hydrogen-bond donors (Lipinski definition) is 2. The lowest BCUT2D eigenvalue weighted by molar-refractivity contribution is 0.571. The molecular formula is C13H15FN2. The Morgan fingerprint density at radius 3 is 2.62 bits per heavy atom. The minimum Gasteiger partial charge on any atom is -0.367 e. The van der Waals surface area contributed by atoms with Gasteiger partial charge in [-0.2, -0.15) is 0 Å². The van der Waals surface area contributed by atoms with Crippen LogP contribution in [0.3, 0.4) is 0 Å². The SMILES string of the molecule is CC(NCc1cc[nH]c1)c1ccc(F)cc1. The summed E-state index contributed by atoms with van der Waals surface area (Å²) in [7, 11) is 0. The molecule has 1 aromatic heterocycles. The summed E-state index contributed by atoms with van der Waals surface area (Å²) in [5.74, 6) is -0.193. The predicted octanol–water partition coefficient (Wildman–Crippen LogP) is 3.00. The summed E-state index contributed by atoms with van der Waals surface area (Å²) in [5.41, 5.74) is 2.31. The van der Waals surface area contributed by atoms with Crippen molar-refractivity contribution in [1.82, 2.24) is 10.3 Å². The predicted molar refractivity (Wildman–Crippen MR) is 62.4 cm³/mol. The zero-order valence-electron chi connectivity index (χ0n) is 9.20. The average Bonchev–Trinajstić information content (AvgIpc) is 2.80. The second kappa shape index (κ2) is 4.94. The second-order valence-corrected chi connectivity index (χ2v) is 3.87. The van der Waals surface area contributed by atoms with Gasteiger partial charge in [0.25, 0.3) is 0 Å². The molecular weight excluding hydrogens is 203 g/mol. The fourth-order valence-electron chi connectivity index (χ4n) is 1.61. The normalized spacial score (nSPS) is 12.6. The first-order chi connectivity index (χ1) is 7.75. The van der Waals surface area contributed by atoms with Gasteiger partial charge in [-0.05, 0) is 36.2 Å². The first-order valence-corrected chi connectivity index (χ1v) is 5.36. The molecule has 0 aliphatic carbocycles. The Bertz CT molecular complexity index is 420. The highest BCUT2D eigenvalue weighted by Crippen LogP contribution is 2.13. The maximum atomic E-state index is 12.7. The number of halogens is 1. The monoisotopic (exact) mass is 218 g/mol. The molecule has 0 saturated heterocycles. The van der Waals surface area contributed by atoms with Gasteiger partial charge in [0.15, 0.2) is 0 Å². The van der Waals surface area contributed by atoms with Crippen molar-refractivity contribution in [2.45, 2.75) is 19.5 Å². The van der Waals surface area contributed by atoms with E-state index in [9.17, 15) is 4.39 Å². The second-order valence-electron chi connectivity index (χ2n) is 3.87. The van der Waals surface area contributed by atoms with Crippen LogP contribution in [-0.4, -0.2) is 4.98 Å². The summed E-state index contributed by atoms with van der Waals surface area (Å²) in [6.07, 6.45) is 3.87. The van der Waals surface area contributed by atoms with Crippen LogP contribution in [0.5, 0.6) is 0 Å². The minimum atomic E-state index is -0.193. The van der Waals surface area contributed by atoms with E-state index in [2.05, 4.69) is 17.2 Å². The average molecular weight is 218 g/mol. The van der Waals surface area contributed by atoms with Crippen molar-refractivity contribution in [3.63, 3.8) is 0 Å². The number of nitrogens with one attached hydrogen (secondary N) is 2. The van der Waals surface area contributed by atoms with Crippen molar-refractivity contribution in [2.24, 2.45) is 0 Å². The van der Waals surface area contributed by atoms with E-state index in [0.717, 1.165) is 12.1 Å². The highest BCUT2D eigenvalue weighted by molar-refractivity contribution is 5.19. The molecule has 0 fully saturated rings. The van der Waals surface area contributed by atoms with Gasteiger partial charge in [-0.15, -0.1) is 0 Å². The fourth-order valence-corrected chi connectivity index (χ4v) is 1.61. The van der Waals surface area contributed by atoms with Crippen LogP contribution in [-0.2, 0) is 6.54 Å². The molecule has 16 heavy (non-hydrogen) atoms. The van der Waals surface area contributed by atoms with Crippen molar-refractivity contribution >= 4 is 0 Å². The van der Waals surface area contributed by atoms with Crippen molar-refractivity contribution < 1.29 is 4.39 Å². The summed E-state index contributed by atoms with van der Waals surface area (Å²) in [5, 5.41) is 3.38. The first-order valence-electron chi connectivity index (χ1n) is 5.36. The third kappa shape index (κ3) is 2.70. The molecule has 0 aliphatic rings. The van der Waals surface area contributed by atoms with Crippen LogP contribution in [0.25, 0.3) is 0 Å². The highest BCUT2D eigenvalue weighted by Gasteiger charge is 2.04. The molecule has 2 aromatic rings. The summed E-state index contributed by atoms with van der Waals surface area (Å²) < 4.78 is 12.7. The van der Waals surface area contributed by atoms with Crippen LogP contribution in [0, 0.1) is 5.82 Å². The maximum Gasteiger partial charge on any atom is 0.123 e. The van der Waals surface area contributed by atoms with Gasteiger partial charge in [-0.25, -0.2) is 4.39 Å². The summed E-state index contributed by atoms with van der Waals surface area (Å²) >= 11 is 0. The summed E-state index contributed by atoms with van der Waals surface area (Å²) in [6, 6.07) is 8.85. The minimum absolute atomic E-state index is 0.193. The summed E-state index contributed by atoms with van der Waals surface area (Å²) in [4.78, 5) is 3.01. The van der Waals surface area contributed by atoms with Crippen LogP contribution in [0.1, 0.15) is 24.1 Å². The maximum absolute atomic E-state index is 12.7. The largest absolute Gasteiger partial charge is 0.367 e. The van der Waals surface area contributed by atoms with E-state index < -0.39 is 0 Å². The summed E-state index contributed by atoms with van der Waals surface area (Å²) in [6.45, 7) is 2.88. The van der Waals surface area contributed by atoms with E-state index in [1.807, 2.05) is 30.6 Å². The Hall–Kier alpha value is -1.61. The van der Waals surface area contributed by atoms with Crippen LogP contribution in [0.4, 0.5) is 4.39 Å². The lowest BCUT2D eigenvalue weighted by atomic mass is 10.1. The van der Waals surface area contributed by atoms with Crippen molar-refractivity contribution in [3.05, 3.63) is 59.7 Å². The fraction of sp³-hybridized carbons (Fsp3) is 0.231. The van der Waals surface area contributed by atoms with Gasteiger partial charge in [0.2, 0.25) is 0 Å². The molecule has 0 aliphatic heterocycles. The molecule has 2 N–H and O–H groups in total. The smallest absolute Gasteiger partial charge is 0.123 e. The molecule has 1 heterocycles. The number of aromatic nitrogens is 1. The van der Waals surface area contributed by atoms with Gasteiger partial charge in [-0.1, -0.05) is 12.1 Å². The van der Waals surface area contributed by atoms with Crippen molar-refractivity contribution in [2.75, 3.05) is 0 Å². The number of H-pyrrole nitrogens is 1. The number of aromatic amines is 1. The van der Waals surface area contributed by atoms with E-state index in [0.29, 0.717) is 0 Å². The van der Waals surface area contributed by atoms with E-state index in [1.165, 1.54) is 17.7 Å². The molecule has 0 spiro atoms. The number of hydrogen-bond acceptors (Lipinski definition) is 1. The molecule has 0 radical (unpaired) electrons. The van der Waals surface area contributed by atoms with Crippen molar-refractivity contribution in [1.29, 1.82) is 0 Å². The van der Waals surface area contributed by atoms with E-state index in [1.54, 1.807) is 0 Å². The molecule has 2 nitrogen and oxygen atoms in total. The van der Waals surface area contributed by atoms with E-state index >= 15 is 0 Å². The standard InChI is InChI=1S/C13H15FN2/c1-10(12-2-4-13(14)5-3-12)16-9-11-6-7-15-8-11/h2-8,10,15-16H,9H2,1H3. The Labute approximate surface area is 94.5 Å². The van der Waals surface area contributed by atoms with Crippen LogP contribution < -0.4 is 5.32 Å². The molecule has 2 rings (SSSR count). The van der Waals surface area contributed by atoms with Gasteiger partial charge in [-0.3, -0.25) is 0 Å². The van der Waals surface area contributed by atoms with Gasteiger partial charge < -0.3 is 10.3 Å². The molecule has 3 heteroatoms. The topological polar surface area (TPSA) is 27.8 Å². The zero-order chi connectivity index (χ0) is 11.4. The van der Waals surface area contributed by atoms with Crippen molar-refractivity contribution in [3.8, 4) is 0 Å². The van der Waals surface area contributed by atoms with Gasteiger partial charge in [0, 0.05) is 25.0 Å². The third-order valence-corrected chi connectivity index (χ3v) is 2.64. The zero-order valence-corrected chi connectivity index (χ0v) is 9.20. The van der Waals surface area contributed by atoms with Crippen LogP contribution in [0.15, 0.2) is 42.7 Å². The lowest BCUT2D eigenvalue weighted by Crippen LogP contribution is -2.17.